The summed E-state index contributed by atoms with van der Waals surface area (Å²) in [5, 5.41) is 10.3. The van der Waals surface area contributed by atoms with E-state index >= 15 is 0 Å². The van der Waals surface area contributed by atoms with Crippen molar-refractivity contribution in [3.63, 3.8) is 0 Å². The van der Waals surface area contributed by atoms with Crippen molar-refractivity contribution in [3.8, 4) is 16.5 Å². The number of nitrogens with zero attached hydrogens (tertiary/aromatic N) is 3. The molecule has 6 rings (SSSR count). The Morgan fingerprint density at radius 2 is 1.93 bits per heavy atom. The second-order valence-electron chi connectivity index (χ2n) is 11.9. The summed E-state index contributed by atoms with van der Waals surface area (Å²) in [5.74, 6) is 0.982. The van der Waals surface area contributed by atoms with E-state index in [0.29, 0.717) is 38.7 Å². The van der Waals surface area contributed by atoms with Gasteiger partial charge < -0.3 is 19.0 Å². The number of rotatable bonds is 9. The van der Waals surface area contributed by atoms with Crippen LogP contribution in [0.3, 0.4) is 0 Å². The van der Waals surface area contributed by atoms with Crippen molar-refractivity contribution in [1.82, 2.24) is 14.1 Å². The fourth-order valence-electron chi connectivity index (χ4n) is 6.80. The van der Waals surface area contributed by atoms with E-state index in [9.17, 15) is 19.5 Å². The summed E-state index contributed by atoms with van der Waals surface area (Å²) in [6.45, 7) is 4.54. The minimum absolute atomic E-state index is 0.0238. The third-order valence-electron chi connectivity index (χ3n) is 9.06. The summed E-state index contributed by atoms with van der Waals surface area (Å²) in [7, 11) is 1.60. The van der Waals surface area contributed by atoms with E-state index in [1.54, 1.807) is 14.0 Å². The third-order valence-corrected chi connectivity index (χ3v) is 10.4. The molecule has 0 amide bonds. The predicted octanol–water partition coefficient (Wildman–Crippen LogP) is 5.35. The Morgan fingerprint density at radius 3 is 2.57 bits per heavy atom. The molecule has 3 atom stereocenters. The largest absolute Gasteiger partial charge is 0.496 e. The Labute approximate surface area is 246 Å². The van der Waals surface area contributed by atoms with Crippen molar-refractivity contribution in [2.75, 3.05) is 7.11 Å². The van der Waals surface area contributed by atoms with Crippen molar-refractivity contribution in [2.45, 2.75) is 77.2 Å². The number of ether oxygens (including phenoxy) is 2. The van der Waals surface area contributed by atoms with Crippen LogP contribution in [0.5, 0.6) is 5.75 Å². The van der Waals surface area contributed by atoms with Crippen LogP contribution in [0.4, 0.5) is 0 Å². The van der Waals surface area contributed by atoms with E-state index in [4.69, 9.17) is 13.9 Å². The molecule has 4 aromatic rings. The zero-order valence-corrected chi connectivity index (χ0v) is 25.0. The van der Waals surface area contributed by atoms with Gasteiger partial charge in [-0.05, 0) is 57.1 Å². The van der Waals surface area contributed by atoms with Gasteiger partial charge in [0.15, 0.2) is 0 Å². The lowest BCUT2D eigenvalue weighted by molar-refractivity contribution is -0.146. The topological polar surface area (TPSA) is 126 Å². The fraction of sp³-hybridized carbons (Fsp3) is 0.484. The number of oxazole rings is 1. The van der Waals surface area contributed by atoms with Crippen LogP contribution in [0.25, 0.3) is 21.0 Å². The van der Waals surface area contributed by atoms with E-state index in [1.807, 2.05) is 24.3 Å². The smallest absolute Gasteiger partial charge is 0.333 e. The Morgan fingerprint density at radius 1 is 1.21 bits per heavy atom. The van der Waals surface area contributed by atoms with Gasteiger partial charge in [-0.25, -0.2) is 19.1 Å². The average Bonchev–Trinajstić information content (AvgIpc) is 3.75. The summed E-state index contributed by atoms with van der Waals surface area (Å²) in [5.41, 5.74) is -1.82. The van der Waals surface area contributed by atoms with Crippen LogP contribution < -0.4 is 16.0 Å². The lowest BCUT2D eigenvalue weighted by Gasteiger charge is -2.27. The van der Waals surface area contributed by atoms with Gasteiger partial charge in [-0.3, -0.25) is 9.36 Å². The van der Waals surface area contributed by atoms with Gasteiger partial charge in [-0.1, -0.05) is 37.5 Å². The number of aromatic nitrogens is 3. The van der Waals surface area contributed by atoms with E-state index in [-0.39, 0.29) is 18.0 Å². The molecule has 2 aliphatic rings. The molecule has 0 saturated heterocycles. The molecule has 1 N–H and O–H groups in total. The molecule has 0 spiro atoms. The molecule has 0 radical (unpaired) electrons. The van der Waals surface area contributed by atoms with Gasteiger partial charge in [-0.2, -0.15) is 0 Å². The maximum absolute atomic E-state index is 14.2. The van der Waals surface area contributed by atoms with Gasteiger partial charge in [0.25, 0.3) is 5.56 Å². The zero-order valence-electron chi connectivity index (χ0n) is 24.2. The molecule has 42 heavy (non-hydrogen) atoms. The fourth-order valence-corrected chi connectivity index (χ4v) is 8.04. The molecule has 2 aliphatic carbocycles. The van der Waals surface area contributed by atoms with Gasteiger partial charge in [0.1, 0.15) is 28.5 Å². The molecule has 0 bridgehead atoms. The number of aliphatic carboxylic acids is 1. The molecule has 1 aromatic carbocycles. The molecular weight excluding hydrogens is 558 g/mol. The third kappa shape index (κ3) is 4.68. The minimum atomic E-state index is -1.80. The van der Waals surface area contributed by atoms with Crippen molar-refractivity contribution in [1.29, 1.82) is 0 Å². The minimum Gasteiger partial charge on any atom is -0.496 e. The quantitative estimate of drug-likeness (QED) is 0.275. The van der Waals surface area contributed by atoms with Crippen LogP contribution in [-0.4, -0.2) is 38.4 Å². The molecule has 11 heteroatoms. The number of carboxylic acid groups (broad SMARTS) is 1. The number of aryl methyl sites for hydroxylation is 1. The van der Waals surface area contributed by atoms with E-state index in [1.165, 1.54) is 61.5 Å². The second kappa shape index (κ2) is 10.9. The first-order chi connectivity index (χ1) is 20.1. The van der Waals surface area contributed by atoms with E-state index in [0.717, 1.165) is 23.0 Å². The molecule has 222 valence electrons. The van der Waals surface area contributed by atoms with Gasteiger partial charge in [0.05, 0.1) is 36.2 Å². The highest BCUT2D eigenvalue weighted by molar-refractivity contribution is 7.22. The summed E-state index contributed by atoms with van der Waals surface area (Å²) >= 11 is 1.23. The zero-order chi connectivity index (χ0) is 29.8. The van der Waals surface area contributed by atoms with Crippen LogP contribution in [0.15, 0.2) is 50.7 Å². The summed E-state index contributed by atoms with van der Waals surface area (Å²) in [4.78, 5) is 45.7. The molecule has 0 aliphatic heterocycles. The lowest BCUT2D eigenvalue weighted by atomic mass is 10.0. The SMILES string of the molecule is COc1ccccc1[C@H](Cn1c(=O)n(C(C)(C)C(=O)O)c(=O)c2c(C)c(-c3ncco3)sc21)OC1C[C@@H]2CCC[C@H]2C1. The van der Waals surface area contributed by atoms with Crippen LogP contribution >= 0.6 is 11.3 Å². The second-order valence-corrected chi connectivity index (χ2v) is 12.9. The Kier molecular flexibility index (Phi) is 7.34. The number of thiophene rings is 1. The number of methoxy groups -OCH3 is 1. The molecule has 3 heterocycles. The first-order valence-corrected chi connectivity index (χ1v) is 15.1. The molecule has 10 nitrogen and oxygen atoms in total. The highest BCUT2D eigenvalue weighted by Crippen LogP contribution is 2.46. The van der Waals surface area contributed by atoms with Gasteiger partial charge >= 0.3 is 11.7 Å². The first-order valence-electron chi connectivity index (χ1n) is 14.3. The monoisotopic (exact) mass is 593 g/mol. The molecular formula is C31H35N3O7S. The van der Waals surface area contributed by atoms with Crippen LogP contribution in [-0.2, 0) is 21.6 Å². The molecule has 0 unspecified atom stereocenters. The molecule has 3 aromatic heterocycles. The maximum atomic E-state index is 14.2. The summed E-state index contributed by atoms with van der Waals surface area (Å²) in [6, 6.07) is 7.57. The highest BCUT2D eigenvalue weighted by Gasteiger charge is 2.40. The normalized spacial score (nSPS) is 19.8. The summed E-state index contributed by atoms with van der Waals surface area (Å²) in [6.07, 6.45) is 8.04. The van der Waals surface area contributed by atoms with Crippen molar-refractivity contribution in [2.24, 2.45) is 11.8 Å². The average molecular weight is 594 g/mol. The van der Waals surface area contributed by atoms with E-state index in [2.05, 4.69) is 4.98 Å². The van der Waals surface area contributed by atoms with Crippen molar-refractivity contribution < 1.29 is 23.8 Å². The van der Waals surface area contributed by atoms with Crippen LogP contribution in [0, 0.1) is 18.8 Å². The van der Waals surface area contributed by atoms with E-state index < -0.39 is 28.9 Å². The van der Waals surface area contributed by atoms with Crippen molar-refractivity contribution >= 4 is 27.5 Å². The van der Waals surface area contributed by atoms with Crippen LogP contribution in [0.2, 0.25) is 0 Å². The summed E-state index contributed by atoms with van der Waals surface area (Å²) < 4.78 is 20.4. The Hall–Kier alpha value is -3.70. The lowest BCUT2D eigenvalue weighted by Crippen LogP contribution is -2.52. The van der Waals surface area contributed by atoms with Crippen molar-refractivity contribution in [3.05, 3.63) is 68.7 Å². The standard InChI is InChI=1S/C31H35N3O7S/c1-17-24-27(35)34(31(2,3)29(36)37)30(38)33(28(24)42-25(17)26-32-12-13-40-26)16-23(21-10-5-6-11-22(21)39-4)41-20-14-18-8-7-9-19(18)15-20/h5-6,10-13,18-20,23H,7-9,14-16H2,1-4H3,(H,36,37)/t18-,19-,23-/m0/s1. The van der Waals surface area contributed by atoms with Gasteiger partial charge in [0, 0.05) is 5.56 Å². The number of hydrogen-bond donors (Lipinski definition) is 1. The number of para-hydroxylation sites is 1. The van der Waals surface area contributed by atoms with Crippen LogP contribution in [0.1, 0.15) is 63.2 Å². The Balaban J connectivity index is 1.54. The predicted molar refractivity (Wildman–Crippen MR) is 158 cm³/mol. The van der Waals surface area contributed by atoms with Gasteiger partial charge in [-0.15, -0.1) is 11.3 Å². The first kappa shape index (κ1) is 28.4. The highest BCUT2D eigenvalue weighted by atomic mass is 32.1. The number of carboxylic acids is 1. The number of carbonyl (C=O) groups is 1. The number of fused-ring (bicyclic) bond motifs is 2. The Bertz CT molecular complexity index is 1740. The molecule has 2 saturated carbocycles. The number of hydrogen-bond acceptors (Lipinski definition) is 8. The number of benzene rings is 1. The maximum Gasteiger partial charge on any atom is 0.333 e. The molecule has 2 fully saturated rings. The van der Waals surface area contributed by atoms with Gasteiger partial charge in [0.2, 0.25) is 5.89 Å².